The molecule has 2 atom stereocenters. The van der Waals surface area contributed by atoms with E-state index in [1.54, 1.807) is 7.11 Å². The summed E-state index contributed by atoms with van der Waals surface area (Å²) in [7, 11) is 1.71. The standard InChI is InChI=1S/C18H24N2OS2/c1-3-17-12-22-18(23-17,13-20-11-10-19-14-20)9-8-15-4-6-16(21-2)7-5-15/h4-7,10-11,14,17H,3,8-9,12-13H2,1-2H3. The zero-order valence-corrected chi connectivity index (χ0v) is 15.4. The quantitative estimate of drug-likeness (QED) is 0.737. The van der Waals surface area contributed by atoms with Crippen LogP contribution >= 0.6 is 23.5 Å². The summed E-state index contributed by atoms with van der Waals surface area (Å²) >= 11 is 4.31. The van der Waals surface area contributed by atoms with Crippen molar-refractivity contribution in [3.05, 3.63) is 48.5 Å². The summed E-state index contributed by atoms with van der Waals surface area (Å²) in [5, 5.41) is 0.777. The number of hydrogen-bond donors (Lipinski definition) is 0. The Morgan fingerprint density at radius 3 is 2.78 bits per heavy atom. The van der Waals surface area contributed by atoms with Crippen LogP contribution in [0, 0.1) is 0 Å². The second-order valence-corrected chi connectivity index (χ2v) is 9.30. The monoisotopic (exact) mass is 348 g/mol. The third-order valence-electron chi connectivity index (χ3n) is 4.31. The normalized spacial score (nSPS) is 24.0. The molecule has 2 heterocycles. The van der Waals surface area contributed by atoms with Gasteiger partial charge >= 0.3 is 0 Å². The summed E-state index contributed by atoms with van der Waals surface area (Å²) in [5.41, 5.74) is 1.39. The summed E-state index contributed by atoms with van der Waals surface area (Å²) in [6.45, 7) is 3.34. The number of rotatable bonds is 7. The Bertz CT molecular complexity index is 600. The maximum Gasteiger partial charge on any atom is 0.118 e. The molecule has 1 fully saturated rings. The lowest BCUT2D eigenvalue weighted by Gasteiger charge is -2.28. The number of imidazole rings is 1. The van der Waals surface area contributed by atoms with Gasteiger partial charge in [-0.25, -0.2) is 4.98 Å². The zero-order chi connectivity index (χ0) is 16.1. The molecule has 2 unspecified atom stereocenters. The summed E-state index contributed by atoms with van der Waals surface area (Å²) in [6.07, 6.45) is 9.44. The topological polar surface area (TPSA) is 27.1 Å². The van der Waals surface area contributed by atoms with Gasteiger partial charge in [-0.05, 0) is 37.0 Å². The Labute approximate surface area is 147 Å². The molecule has 2 aromatic rings. The van der Waals surface area contributed by atoms with Crippen molar-refractivity contribution in [2.75, 3.05) is 12.9 Å². The van der Waals surface area contributed by atoms with Crippen LogP contribution in [-0.2, 0) is 13.0 Å². The van der Waals surface area contributed by atoms with Gasteiger partial charge in [-0.3, -0.25) is 0 Å². The van der Waals surface area contributed by atoms with Crippen LogP contribution in [0.2, 0.25) is 0 Å². The molecule has 23 heavy (non-hydrogen) atoms. The molecule has 0 N–H and O–H groups in total. The van der Waals surface area contributed by atoms with E-state index in [0.29, 0.717) is 0 Å². The number of thioether (sulfide) groups is 2. The fourth-order valence-electron chi connectivity index (χ4n) is 2.90. The fourth-order valence-corrected chi connectivity index (χ4v) is 6.69. The van der Waals surface area contributed by atoms with Gasteiger partial charge in [0.05, 0.1) is 17.5 Å². The molecule has 0 radical (unpaired) electrons. The average Bonchev–Trinajstić information content (AvgIpc) is 3.24. The first-order chi connectivity index (χ1) is 11.2. The first kappa shape index (κ1) is 16.8. The predicted octanol–water partition coefficient (Wildman–Crippen LogP) is 4.48. The van der Waals surface area contributed by atoms with Gasteiger partial charge in [0.25, 0.3) is 0 Å². The van der Waals surface area contributed by atoms with Crippen molar-refractivity contribution in [3.63, 3.8) is 0 Å². The number of aromatic nitrogens is 2. The summed E-state index contributed by atoms with van der Waals surface area (Å²) < 4.78 is 7.74. The van der Waals surface area contributed by atoms with E-state index in [0.717, 1.165) is 24.0 Å². The molecular formula is C18H24N2OS2. The molecule has 1 saturated heterocycles. The van der Waals surface area contributed by atoms with Crippen LogP contribution in [0.3, 0.4) is 0 Å². The molecule has 1 aromatic heterocycles. The van der Waals surface area contributed by atoms with Gasteiger partial charge in [0, 0.05) is 29.9 Å². The van der Waals surface area contributed by atoms with Crippen LogP contribution in [0.1, 0.15) is 25.3 Å². The molecule has 0 bridgehead atoms. The molecule has 0 aliphatic carbocycles. The predicted molar refractivity (Wildman–Crippen MR) is 100 cm³/mol. The van der Waals surface area contributed by atoms with Crippen molar-refractivity contribution in [2.45, 2.75) is 42.1 Å². The van der Waals surface area contributed by atoms with Crippen LogP contribution < -0.4 is 4.74 Å². The van der Waals surface area contributed by atoms with Crippen molar-refractivity contribution >= 4 is 23.5 Å². The van der Waals surface area contributed by atoms with E-state index in [9.17, 15) is 0 Å². The molecule has 5 heteroatoms. The highest BCUT2D eigenvalue weighted by molar-refractivity contribution is 8.21. The molecule has 3 nitrogen and oxygen atoms in total. The van der Waals surface area contributed by atoms with Gasteiger partial charge in [0.2, 0.25) is 0 Å². The highest BCUT2D eigenvalue weighted by Gasteiger charge is 2.40. The maximum absolute atomic E-state index is 5.25. The Morgan fingerprint density at radius 1 is 1.35 bits per heavy atom. The highest BCUT2D eigenvalue weighted by Crippen LogP contribution is 2.52. The van der Waals surface area contributed by atoms with Crippen LogP contribution in [-0.4, -0.2) is 31.7 Å². The lowest BCUT2D eigenvalue weighted by Crippen LogP contribution is -2.25. The van der Waals surface area contributed by atoms with Crippen LogP contribution in [0.5, 0.6) is 5.75 Å². The number of hydrogen-bond acceptors (Lipinski definition) is 4. The molecule has 124 valence electrons. The lowest BCUT2D eigenvalue weighted by molar-refractivity contribution is 0.414. The minimum absolute atomic E-state index is 0.265. The van der Waals surface area contributed by atoms with Gasteiger partial charge in [-0.15, -0.1) is 23.5 Å². The van der Waals surface area contributed by atoms with Gasteiger partial charge < -0.3 is 9.30 Å². The minimum atomic E-state index is 0.265. The molecular weight excluding hydrogens is 324 g/mol. The van der Waals surface area contributed by atoms with Gasteiger partial charge in [0.15, 0.2) is 0 Å². The third-order valence-corrected chi connectivity index (χ3v) is 8.18. The molecule has 0 amide bonds. The van der Waals surface area contributed by atoms with Crippen LogP contribution in [0.25, 0.3) is 0 Å². The highest BCUT2D eigenvalue weighted by atomic mass is 32.2. The molecule has 3 rings (SSSR count). The van der Waals surface area contributed by atoms with Gasteiger partial charge in [-0.1, -0.05) is 19.1 Å². The van der Waals surface area contributed by atoms with Gasteiger partial charge in [0.1, 0.15) is 5.75 Å². The van der Waals surface area contributed by atoms with Crippen molar-refractivity contribution in [2.24, 2.45) is 0 Å². The summed E-state index contributed by atoms with van der Waals surface area (Å²) in [6, 6.07) is 8.49. The SMILES string of the molecule is CCC1CSC(CCc2ccc(OC)cc2)(Cn2ccnc2)S1. The van der Waals surface area contributed by atoms with E-state index in [2.05, 4.69) is 70.5 Å². The van der Waals surface area contributed by atoms with E-state index >= 15 is 0 Å². The smallest absolute Gasteiger partial charge is 0.118 e. The van der Waals surface area contributed by atoms with Gasteiger partial charge in [-0.2, -0.15) is 0 Å². The van der Waals surface area contributed by atoms with E-state index < -0.39 is 0 Å². The Hall–Kier alpha value is -1.07. The van der Waals surface area contributed by atoms with Crippen molar-refractivity contribution < 1.29 is 4.74 Å². The molecule has 0 saturated carbocycles. The van der Waals surface area contributed by atoms with Crippen molar-refractivity contribution in [1.29, 1.82) is 0 Å². The summed E-state index contributed by atoms with van der Waals surface area (Å²) in [5.74, 6) is 2.19. The lowest BCUT2D eigenvalue weighted by atomic mass is 10.1. The molecule has 1 aromatic carbocycles. The third kappa shape index (κ3) is 4.27. The second kappa shape index (κ2) is 7.67. The van der Waals surface area contributed by atoms with Crippen molar-refractivity contribution in [3.8, 4) is 5.75 Å². The first-order valence-corrected chi connectivity index (χ1v) is 10.00. The fraction of sp³-hybridized carbons (Fsp3) is 0.500. The number of methoxy groups -OCH3 is 1. The molecule has 1 aliphatic rings. The first-order valence-electron chi connectivity index (χ1n) is 8.13. The summed E-state index contributed by atoms with van der Waals surface area (Å²) in [4.78, 5) is 4.20. The Balaban J connectivity index is 1.68. The van der Waals surface area contributed by atoms with Crippen LogP contribution in [0.4, 0.5) is 0 Å². The Morgan fingerprint density at radius 2 is 2.17 bits per heavy atom. The number of nitrogens with zero attached hydrogens (tertiary/aromatic N) is 2. The van der Waals surface area contributed by atoms with E-state index in [-0.39, 0.29) is 4.08 Å². The molecule has 0 spiro atoms. The number of aryl methyl sites for hydroxylation is 1. The number of benzene rings is 1. The second-order valence-electron chi connectivity index (χ2n) is 5.95. The largest absolute Gasteiger partial charge is 0.497 e. The number of ether oxygens (including phenoxy) is 1. The zero-order valence-electron chi connectivity index (χ0n) is 13.8. The van der Waals surface area contributed by atoms with E-state index in [4.69, 9.17) is 4.74 Å². The van der Waals surface area contributed by atoms with Crippen molar-refractivity contribution in [1.82, 2.24) is 9.55 Å². The van der Waals surface area contributed by atoms with E-state index in [1.807, 2.05) is 12.5 Å². The van der Waals surface area contributed by atoms with Crippen LogP contribution in [0.15, 0.2) is 43.0 Å². The maximum atomic E-state index is 5.25. The van der Waals surface area contributed by atoms with E-state index in [1.165, 1.54) is 24.2 Å². The minimum Gasteiger partial charge on any atom is -0.497 e. The Kier molecular flexibility index (Phi) is 5.59. The molecule has 1 aliphatic heterocycles. The average molecular weight is 349 g/mol.